The van der Waals surface area contributed by atoms with Crippen molar-refractivity contribution in [3.8, 4) is 5.75 Å². The van der Waals surface area contributed by atoms with Gasteiger partial charge >= 0.3 is 0 Å². The summed E-state index contributed by atoms with van der Waals surface area (Å²) in [6, 6.07) is 7.94. The lowest BCUT2D eigenvalue weighted by atomic mass is 10.2. The van der Waals surface area contributed by atoms with Crippen LogP contribution in [0.4, 0.5) is 0 Å². The van der Waals surface area contributed by atoms with E-state index in [0.29, 0.717) is 6.61 Å². The molecule has 0 aliphatic carbocycles. The molecule has 3 rings (SSSR count). The maximum absolute atomic E-state index is 12.5. The first kappa shape index (κ1) is 13.0. The lowest BCUT2D eigenvalue weighted by Crippen LogP contribution is -2.29. The molecule has 2 aromatic rings. The third-order valence-corrected chi connectivity index (χ3v) is 3.94. The minimum absolute atomic E-state index is 0.138. The van der Waals surface area contributed by atoms with Gasteiger partial charge < -0.3 is 14.2 Å². The SMILES string of the molecule is CCOc1ccc2c(c1)cc(C(=O)N1CCCC1)n2C. The van der Waals surface area contributed by atoms with Gasteiger partial charge in [-0.2, -0.15) is 0 Å². The van der Waals surface area contributed by atoms with Crippen molar-refractivity contribution < 1.29 is 9.53 Å². The van der Waals surface area contributed by atoms with Crippen LogP contribution in [0.5, 0.6) is 5.75 Å². The Hall–Kier alpha value is -1.97. The molecule has 4 heteroatoms. The molecule has 0 N–H and O–H groups in total. The third-order valence-electron chi connectivity index (χ3n) is 3.94. The van der Waals surface area contributed by atoms with Crippen LogP contribution in [0.3, 0.4) is 0 Å². The third kappa shape index (κ3) is 2.15. The number of fused-ring (bicyclic) bond motifs is 1. The van der Waals surface area contributed by atoms with Gasteiger partial charge in [0, 0.05) is 31.0 Å². The molecule has 1 aliphatic heterocycles. The highest BCUT2D eigenvalue weighted by atomic mass is 16.5. The minimum atomic E-state index is 0.138. The van der Waals surface area contributed by atoms with Crippen molar-refractivity contribution >= 4 is 16.8 Å². The van der Waals surface area contributed by atoms with Crippen LogP contribution in [0.2, 0.25) is 0 Å². The van der Waals surface area contributed by atoms with Crippen molar-refractivity contribution in [2.75, 3.05) is 19.7 Å². The van der Waals surface area contributed by atoms with Crippen LogP contribution in [-0.2, 0) is 7.05 Å². The van der Waals surface area contributed by atoms with Crippen molar-refractivity contribution in [2.24, 2.45) is 7.05 Å². The molecule has 0 radical (unpaired) electrons. The average molecular weight is 272 g/mol. The molecule has 0 atom stereocenters. The number of likely N-dealkylation sites (tertiary alicyclic amines) is 1. The Morgan fingerprint density at radius 1 is 1.25 bits per heavy atom. The first-order valence-electron chi connectivity index (χ1n) is 7.22. The summed E-state index contributed by atoms with van der Waals surface area (Å²) in [4.78, 5) is 14.5. The monoisotopic (exact) mass is 272 g/mol. The maximum atomic E-state index is 12.5. The molecular weight excluding hydrogens is 252 g/mol. The quantitative estimate of drug-likeness (QED) is 0.861. The van der Waals surface area contributed by atoms with Crippen LogP contribution in [0.15, 0.2) is 24.3 Å². The Kier molecular flexibility index (Phi) is 3.38. The molecule has 0 unspecified atom stereocenters. The van der Waals surface area contributed by atoms with E-state index in [9.17, 15) is 4.79 Å². The largest absolute Gasteiger partial charge is 0.494 e. The van der Waals surface area contributed by atoms with Crippen molar-refractivity contribution in [3.63, 3.8) is 0 Å². The van der Waals surface area contributed by atoms with Crippen molar-refractivity contribution in [3.05, 3.63) is 30.0 Å². The summed E-state index contributed by atoms with van der Waals surface area (Å²) in [6.07, 6.45) is 2.23. The van der Waals surface area contributed by atoms with E-state index in [4.69, 9.17) is 4.74 Å². The molecule has 20 heavy (non-hydrogen) atoms. The van der Waals surface area contributed by atoms with Gasteiger partial charge in [-0.25, -0.2) is 0 Å². The second-order valence-electron chi connectivity index (χ2n) is 5.24. The smallest absolute Gasteiger partial charge is 0.270 e. The van der Waals surface area contributed by atoms with E-state index in [0.717, 1.165) is 48.3 Å². The zero-order valence-corrected chi connectivity index (χ0v) is 12.1. The van der Waals surface area contributed by atoms with Crippen molar-refractivity contribution in [1.29, 1.82) is 0 Å². The predicted octanol–water partition coefficient (Wildman–Crippen LogP) is 2.81. The molecule has 1 aromatic heterocycles. The van der Waals surface area contributed by atoms with Crippen LogP contribution >= 0.6 is 0 Å². The van der Waals surface area contributed by atoms with Gasteiger partial charge in [-0.05, 0) is 44.0 Å². The lowest BCUT2D eigenvalue weighted by molar-refractivity contribution is 0.0784. The Labute approximate surface area is 118 Å². The zero-order valence-electron chi connectivity index (χ0n) is 12.1. The van der Waals surface area contributed by atoms with Gasteiger partial charge in [0.1, 0.15) is 11.4 Å². The fourth-order valence-electron chi connectivity index (χ4n) is 2.87. The molecule has 1 aliphatic rings. The normalized spacial score (nSPS) is 15.0. The van der Waals surface area contributed by atoms with E-state index in [-0.39, 0.29) is 5.91 Å². The molecule has 2 heterocycles. The van der Waals surface area contributed by atoms with Gasteiger partial charge in [0.25, 0.3) is 5.91 Å². The number of amides is 1. The van der Waals surface area contributed by atoms with E-state index < -0.39 is 0 Å². The molecule has 0 saturated carbocycles. The summed E-state index contributed by atoms with van der Waals surface area (Å²) < 4.78 is 7.50. The Morgan fingerprint density at radius 2 is 2.00 bits per heavy atom. The van der Waals surface area contributed by atoms with E-state index in [1.807, 2.05) is 47.7 Å². The molecule has 0 spiro atoms. The Balaban J connectivity index is 1.98. The summed E-state index contributed by atoms with van der Waals surface area (Å²) in [5.74, 6) is 0.991. The van der Waals surface area contributed by atoms with Gasteiger partial charge in [0.2, 0.25) is 0 Å². The van der Waals surface area contributed by atoms with Crippen LogP contribution < -0.4 is 4.74 Å². The molecule has 1 aromatic carbocycles. The molecule has 0 bridgehead atoms. The van der Waals surface area contributed by atoms with E-state index >= 15 is 0 Å². The van der Waals surface area contributed by atoms with Gasteiger partial charge in [0.05, 0.1) is 6.61 Å². The summed E-state index contributed by atoms with van der Waals surface area (Å²) in [5.41, 5.74) is 1.83. The number of rotatable bonds is 3. The molecule has 4 nitrogen and oxygen atoms in total. The second-order valence-corrected chi connectivity index (χ2v) is 5.24. The van der Waals surface area contributed by atoms with E-state index in [1.165, 1.54) is 0 Å². The van der Waals surface area contributed by atoms with E-state index in [2.05, 4.69) is 0 Å². The van der Waals surface area contributed by atoms with Crippen molar-refractivity contribution in [2.45, 2.75) is 19.8 Å². The van der Waals surface area contributed by atoms with Crippen LogP contribution in [0.25, 0.3) is 10.9 Å². The summed E-state index contributed by atoms with van der Waals surface area (Å²) in [6.45, 7) is 4.38. The Bertz CT molecular complexity index is 639. The highest BCUT2D eigenvalue weighted by Gasteiger charge is 2.22. The second kappa shape index (κ2) is 5.19. The fraction of sp³-hybridized carbons (Fsp3) is 0.438. The summed E-state index contributed by atoms with van der Waals surface area (Å²) >= 11 is 0. The van der Waals surface area contributed by atoms with Gasteiger partial charge in [-0.1, -0.05) is 0 Å². The zero-order chi connectivity index (χ0) is 14.1. The number of aromatic nitrogens is 1. The van der Waals surface area contributed by atoms with Gasteiger partial charge in [0.15, 0.2) is 0 Å². The highest BCUT2D eigenvalue weighted by molar-refractivity contribution is 5.99. The number of hydrogen-bond acceptors (Lipinski definition) is 2. The van der Waals surface area contributed by atoms with Crippen LogP contribution in [0, 0.1) is 0 Å². The number of ether oxygens (including phenoxy) is 1. The average Bonchev–Trinajstić information content (AvgIpc) is 3.07. The number of nitrogens with zero attached hydrogens (tertiary/aromatic N) is 2. The molecular formula is C16H20N2O2. The first-order valence-corrected chi connectivity index (χ1v) is 7.22. The maximum Gasteiger partial charge on any atom is 0.270 e. The Morgan fingerprint density at radius 3 is 2.70 bits per heavy atom. The van der Waals surface area contributed by atoms with Crippen LogP contribution in [0.1, 0.15) is 30.3 Å². The molecule has 1 fully saturated rings. The highest BCUT2D eigenvalue weighted by Crippen LogP contribution is 2.25. The molecule has 106 valence electrons. The number of benzene rings is 1. The minimum Gasteiger partial charge on any atom is -0.494 e. The fourth-order valence-corrected chi connectivity index (χ4v) is 2.87. The topological polar surface area (TPSA) is 34.5 Å². The van der Waals surface area contributed by atoms with Crippen LogP contribution in [-0.4, -0.2) is 35.1 Å². The van der Waals surface area contributed by atoms with E-state index in [1.54, 1.807) is 0 Å². The first-order chi connectivity index (χ1) is 9.70. The summed E-state index contributed by atoms with van der Waals surface area (Å²) in [7, 11) is 1.95. The van der Waals surface area contributed by atoms with Gasteiger partial charge in [-0.15, -0.1) is 0 Å². The number of aryl methyl sites for hydroxylation is 1. The lowest BCUT2D eigenvalue weighted by Gasteiger charge is -2.15. The van der Waals surface area contributed by atoms with Crippen molar-refractivity contribution in [1.82, 2.24) is 9.47 Å². The predicted molar refractivity (Wildman–Crippen MR) is 79.2 cm³/mol. The number of hydrogen-bond donors (Lipinski definition) is 0. The molecule has 1 saturated heterocycles. The summed E-state index contributed by atoms with van der Waals surface area (Å²) in [5, 5.41) is 1.06. The molecule has 1 amide bonds. The number of carbonyl (C=O) groups excluding carboxylic acids is 1. The number of carbonyl (C=O) groups is 1. The van der Waals surface area contributed by atoms with Gasteiger partial charge in [-0.3, -0.25) is 4.79 Å². The standard InChI is InChI=1S/C16H20N2O2/c1-3-20-13-6-7-14-12(10-13)11-15(17(14)2)16(19)18-8-4-5-9-18/h6-7,10-11H,3-5,8-9H2,1-2H3.